The number of aromatic nitrogens is 14. The molecule has 13 N–H and O–H groups in total. The van der Waals surface area contributed by atoms with Crippen molar-refractivity contribution in [3.05, 3.63) is 153 Å². The second kappa shape index (κ2) is 40.9. The van der Waals surface area contributed by atoms with Crippen molar-refractivity contribution < 1.29 is 60.7 Å². The Balaban J connectivity index is 0.000000148. The van der Waals surface area contributed by atoms with Crippen molar-refractivity contribution in [1.82, 2.24) is 68.8 Å². The monoisotopic (exact) mass is 1770 g/mol. The number of Topliss-reactive ketones (excluding diaryl/α,β-unsaturated/α-hetero) is 1. The van der Waals surface area contributed by atoms with Crippen LogP contribution in [-0.2, 0) is 14.8 Å². The van der Waals surface area contributed by atoms with Crippen LogP contribution in [-0.4, -0.2) is 174 Å². The Hall–Kier alpha value is -8.52. The van der Waals surface area contributed by atoms with Gasteiger partial charge in [0.25, 0.3) is 10.0 Å². The molecule has 6 aliphatic carbocycles. The second-order valence-electron chi connectivity index (χ2n) is 31.7. The zero-order valence-electron chi connectivity index (χ0n) is 65.8. The van der Waals surface area contributed by atoms with Crippen LogP contribution in [0.25, 0.3) is 44.8 Å². The highest BCUT2D eigenvalue weighted by atomic mass is 35.5. The Kier molecular flexibility index (Phi) is 31.4. The molecule has 0 amide bonds. The van der Waals surface area contributed by atoms with Gasteiger partial charge in [0.1, 0.15) is 11.4 Å². The van der Waals surface area contributed by atoms with Crippen LogP contribution in [0.3, 0.4) is 0 Å². The third-order valence-corrected chi connectivity index (χ3v) is 23.8. The molecule has 119 heavy (non-hydrogen) atoms. The minimum Gasteiger partial charge on any atom is -0.393 e. The fraction of sp³-hybridized carbons (Fsp3) is 0.487. The molecule has 1 aromatic carbocycles. The van der Waals surface area contributed by atoms with Gasteiger partial charge in [-0.05, 0) is 228 Å². The van der Waals surface area contributed by atoms with Crippen LogP contribution in [0.5, 0.6) is 0 Å². The fourth-order valence-electron chi connectivity index (χ4n) is 15.3. The summed E-state index contributed by atoms with van der Waals surface area (Å²) in [5, 5.41) is 66.1. The number of nitrogens with two attached hydrogens (primary N) is 1. The van der Waals surface area contributed by atoms with Crippen LogP contribution in [0.2, 0.25) is 25.9 Å². The number of aromatic amines is 1. The summed E-state index contributed by atoms with van der Waals surface area (Å²) in [5.41, 5.74) is 6.10. The lowest BCUT2D eigenvalue weighted by molar-refractivity contribution is -0.120. The van der Waals surface area contributed by atoms with E-state index in [-0.39, 0.29) is 116 Å². The predicted octanol–water partition coefficient (Wildman–Crippen LogP) is 15.7. The number of carbonyl (C=O) groups is 1. The summed E-state index contributed by atoms with van der Waals surface area (Å²) >= 11 is 29.0. The largest absolute Gasteiger partial charge is 0.393 e. The number of nitrogens with zero attached hydrogens (tertiary/aromatic N) is 13. The van der Waals surface area contributed by atoms with E-state index in [9.17, 15) is 55.6 Å². The number of nitrogens with one attached hydrogen (secondary N) is 6. The minimum absolute atomic E-state index is 0.00830. The molecular weight excluding hydrogens is 1670 g/mol. The SMILES string of the molecule is CC1(O)CCCC(Nc2nc(-c3c[nH]c4ncc(Cl)cc34)ncc2F)C1.CC1(O)CCC[C@H](Nc2nc(Cl)ncc2F)C1.Cc1ccc(S(=O)(=O)n2cc(-c3ncc(F)c(NC4CCCC(C)(O)C4)n3)c3cc(Cl)cnc32)cc1.N[C@H]1CCCC(O)C1.O=C1CCC[C@H](Nc2nc(Cl)ncc2F)C1.OC1CCC[C@H](Nc2nc(Cl)ncc2F)C1. The summed E-state index contributed by atoms with van der Waals surface area (Å²) in [6.45, 7) is 7.24. The highest BCUT2D eigenvalue weighted by Gasteiger charge is 2.35. The number of hydrogen-bond acceptors (Lipinski definition) is 26. The lowest BCUT2D eigenvalue weighted by Crippen LogP contribution is -2.38. The van der Waals surface area contributed by atoms with E-state index < -0.39 is 55.9 Å². The Bertz CT molecular complexity index is 5240. The van der Waals surface area contributed by atoms with E-state index in [1.54, 1.807) is 50.5 Å². The van der Waals surface area contributed by atoms with E-state index in [1.807, 2.05) is 13.8 Å². The molecule has 16 rings (SSSR count). The maximum Gasteiger partial charge on any atom is 0.269 e. The van der Waals surface area contributed by atoms with Crippen molar-refractivity contribution in [2.75, 3.05) is 26.6 Å². The summed E-state index contributed by atoms with van der Waals surface area (Å²) in [6, 6.07) is 9.92. The van der Waals surface area contributed by atoms with E-state index in [2.05, 4.69) is 91.4 Å². The molecule has 6 saturated carbocycles. The Morgan fingerprint density at radius 3 is 1.36 bits per heavy atom. The van der Waals surface area contributed by atoms with E-state index in [0.717, 1.165) is 155 Å². The number of halogens is 10. The molecule has 11 atom stereocenters. The van der Waals surface area contributed by atoms with Gasteiger partial charge < -0.3 is 62.8 Å². The van der Waals surface area contributed by atoms with Gasteiger partial charge in [-0.25, -0.2) is 79.2 Å². The van der Waals surface area contributed by atoms with Crippen molar-refractivity contribution in [2.24, 2.45) is 5.73 Å². The molecule has 9 aromatic heterocycles. The number of anilines is 5. The Morgan fingerprint density at radius 2 is 0.908 bits per heavy atom. The van der Waals surface area contributed by atoms with Crippen LogP contribution in [0.4, 0.5) is 51.0 Å². The highest BCUT2D eigenvalue weighted by molar-refractivity contribution is 7.90. The van der Waals surface area contributed by atoms with Crippen molar-refractivity contribution in [3.8, 4) is 22.8 Å². The number of benzene rings is 1. The van der Waals surface area contributed by atoms with Crippen molar-refractivity contribution >= 4 is 125 Å². The molecule has 9 heterocycles. The van der Waals surface area contributed by atoms with Gasteiger partial charge in [0, 0.05) is 95.8 Å². The number of rotatable bonds is 14. The van der Waals surface area contributed by atoms with Crippen molar-refractivity contribution in [2.45, 2.75) is 252 Å². The van der Waals surface area contributed by atoms with E-state index in [1.165, 1.54) is 24.5 Å². The van der Waals surface area contributed by atoms with Gasteiger partial charge in [0.2, 0.25) is 15.9 Å². The third-order valence-electron chi connectivity index (χ3n) is 21.2. The van der Waals surface area contributed by atoms with Crippen LogP contribution in [0, 0.1) is 36.0 Å². The first kappa shape index (κ1) is 91.2. The number of fused-ring (bicyclic) bond motifs is 2. The zero-order chi connectivity index (χ0) is 85.5. The van der Waals surface area contributed by atoms with Gasteiger partial charge in [0.15, 0.2) is 75.5 Å². The van der Waals surface area contributed by atoms with E-state index >= 15 is 0 Å². The number of aliphatic hydroxyl groups is 5. The summed E-state index contributed by atoms with van der Waals surface area (Å²) in [7, 11) is -4.00. The van der Waals surface area contributed by atoms with E-state index in [0.29, 0.717) is 83.0 Å². The molecule has 6 fully saturated rings. The summed E-state index contributed by atoms with van der Waals surface area (Å²) in [6.07, 6.45) is 29.7. The molecule has 0 bridgehead atoms. The Morgan fingerprint density at radius 1 is 0.496 bits per heavy atom. The Labute approximate surface area is 709 Å². The molecule has 6 aliphatic rings. The van der Waals surface area contributed by atoms with Gasteiger partial charge in [-0.15, -0.1) is 0 Å². The molecule has 640 valence electrons. The quantitative estimate of drug-likeness (QED) is 0.0355. The van der Waals surface area contributed by atoms with Gasteiger partial charge in [0.05, 0.1) is 74.9 Å². The molecule has 10 aromatic rings. The highest BCUT2D eigenvalue weighted by Crippen LogP contribution is 2.38. The van der Waals surface area contributed by atoms with Crippen molar-refractivity contribution in [1.29, 1.82) is 0 Å². The number of ketones is 1. The first-order chi connectivity index (χ1) is 56.5. The topological polar surface area (TPSA) is 414 Å². The van der Waals surface area contributed by atoms with Crippen LogP contribution >= 0.6 is 58.0 Å². The van der Waals surface area contributed by atoms with E-state index in [4.69, 9.17) is 68.8 Å². The summed E-state index contributed by atoms with van der Waals surface area (Å²) < 4.78 is 97.0. The number of pyridine rings is 2. The molecule has 39 heteroatoms. The lowest BCUT2D eigenvalue weighted by Gasteiger charge is -2.34. The molecule has 7 unspecified atom stereocenters. The average Bonchev–Trinajstić information content (AvgIpc) is 1.60. The fourth-order valence-corrected chi connectivity index (χ4v) is 17.4. The average molecular weight is 1770 g/mol. The minimum atomic E-state index is -4.00. The molecule has 28 nitrogen and oxygen atoms in total. The molecule has 0 saturated heterocycles. The predicted molar refractivity (Wildman–Crippen MR) is 447 cm³/mol. The second-order valence-corrected chi connectivity index (χ2v) is 35.4. The number of carbonyl (C=O) groups excluding carboxylic acids is 1. The normalized spacial score (nSPS) is 24.4. The standard InChI is InChI=1S/C25H25ClFN5O3S.C18H19ClFN5O.C11H15ClFN3O.C10H13ClFN3O.C10H11ClFN3O.C6H13NO/c1-15-5-7-18(8-6-15)36(34,35)32-14-20(19-10-16(26)12-29-24(19)32)22-28-13-21(27)23(31-22)30-17-4-3-9-25(2,33)11-17;1-18(26)4-2-3-11(6-18)24-17-14(20)9-23-16(25-17)13-8-22-15-12(13)5-10(19)7-21-15;1-11(17)4-2-3-7(5-11)15-9-8(13)6-14-10(12)16-9;2*11-10-13-5-8(12)9(15-10)14-6-2-1-3-7(16)4-6;7-5-2-1-3-6(8)4-5/h5-8,10,12-14,17,33H,3-4,9,11H2,1-2H3,(H,28,30,31);5,7-9,11,26H,2-4,6H2,1H3,(H,21,22)(H,23,24,25);6-7,17H,2-5H2,1H3,(H,14,15,16);5-7,16H,1-4H2,(H,13,14,15);5-6H,1-4H2,(H,13,14,15);5-6,8H,1-4,7H2/t;;7-,11?;6-,7?;6-;5-,6?/m..0000/s1. The third kappa shape index (κ3) is 26.3. The number of hydrogen-bond donors (Lipinski definition) is 12. The maximum absolute atomic E-state index is 14.7. The first-order valence-electron chi connectivity index (χ1n) is 39.3. The number of aliphatic hydroxyl groups excluding tert-OH is 2. The van der Waals surface area contributed by atoms with Crippen LogP contribution < -0.4 is 32.3 Å². The molecule has 0 aliphatic heterocycles. The van der Waals surface area contributed by atoms with Gasteiger partial charge >= 0.3 is 0 Å². The lowest BCUT2D eigenvalue weighted by atomic mass is 9.83. The smallest absolute Gasteiger partial charge is 0.269 e. The summed E-state index contributed by atoms with van der Waals surface area (Å²) in [5.74, 6) is -1.66. The molecule has 0 spiro atoms. The molecule has 0 radical (unpaired) electrons. The first-order valence-corrected chi connectivity index (χ1v) is 42.7. The molecular formula is C80H96Cl5F5N20O8S. The van der Waals surface area contributed by atoms with Gasteiger partial charge in [-0.1, -0.05) is 40.9 Å². The van der Waals surface area contributed by atoms with Gasteiger partial charge in [-0.2, -0.15) is 15.0 Å². The maximum atomic E-state index is 14.7. The number of aryl methyl sites for hydroxylation is 1. The summed E-state index contributed by atoms with van der Waals surface area (Å²) in [4.78, 5) is 61.8. The van der Waals surface area contributed by atoms with Gasteiger partial charge in [-0.3, -0.25) is 4.79 Å². The number of H-pyrrole nitrogens is 1. The van der Waals surface area contributed by atoms with Crippen LogP contribution in [0.1, 0.15) is 180 Å². The zero-order valence-corrected chi connectivity index (χ0v) is 70.4. The van der Waals surface area contributed by atoms with Crippen molar-refractivity contribution in [3.63, 3.8) is 0 Å². The van der Waals surface area contributed by atoms with Crippen LogP contribution in [0.15, 0.2) is 97.1 Å².